The largest absolute Gasteiger partial charge is 0.397 e. The van der Waals surface area contributed by atoms with Crippen molar-refractivity contribution in [3.63, 3.8) is 0 Å². The van der Waals surface area contributed by atoms with E-state index in [9.17, 15) is 38.2 Å². The summed E-state index contributed by atoms with van der Waals surface area (Å²) in [4.78, 5) is 13.2. The Morgan fingerprint density at radius 2 is 0.840 bits per heavy atom. The zero-order valence-electron chi connectivity index (χ0n) is 48.6. The Balaban J connectivity index is 2.31. The van der Waals surface area contributed by atoms with Crippen LogP contribution in [0.3, 0.4) is 0 Å². The minimum Gasteiger partial charge on any atom is -0.394 e. The third-order valence-electron chi connectivity index (χ3n) is 15.6. The fraction of sp³-hybridized carbons (Fsp3) is 0.952. The van der Waals surface area contributed by atoms with Gasteiger partial charge in [0.1, 0.15) is 24.4 Å². The lowest BCUT2D eigenvalue weighted by molar-refractivity contribution is -0.298. The van der Waals surface area contributed by atoms with Crippen molar-refractivity contribution in [2.75, 3.05) is 13.2 Å². The Hall–Kier alpha value is -1.16. The van der Waals surface area contributed by atoms with Crippen molar-refractivity contribution in [1.82, 2.24) is 5.32 Å². The number of hydrogen-bond donors (Lipinski definition) is 6. The van der Waals surface area contributed by atoms with E-state index in [1.54, 1.807) is 6.08 Å². The fourth-order valence-corrected chi connectivity index (χ4v) is 11.1. The van der Waals surface area contributed by atoms with Gasteiger partial charge in [-0.2, -0.15) is 8.42 Å². The van der Waals surface area contributed by atoms with Crippen LogP contribution < -0.4 is 5.32 Å². The molecule has 1 heterocycles. The molecule has 0 aromatic rings. The molecule has 0 bridgehead atoms. The second kappa shape index (κ2) is 52.2. The topological polar surface area (TPSA) is 192 Å². The maximum Gasteiger partial charge on any atom is 0.397 e. The van der Waals surface area contributed by atoms with Gasteiger partial charge in [0.05, 0.1) is 25.4 Å². The summed E-state index contributed by atoms with van der Waals surface area (Å²) in [7, 11) is -5.09. The summed E-state index contributed by atoms with van der Waals surface area (Å²) >= 11 is 0. The standard InChI is InChI=1S/C62H121NO11S/c1-3-5-7-9-11-13-15-17-19-21-23-25-27-28-30-31-33-35-37-39-41-43-45-47-49-51-56(65)55(54-72-62-60(68)61(74-75(69,70)71)59(67)57(53-64)73-62)63-58(66)52-50-48-46-44-42-40-38-36-34-32-29-26-24-22-20-18-16-14-12-10-8-6-4-2/h49,51,55-57,59-62,64-65,67-68H,3-48,50,52-54H2,1-2H3,(H,63,66)(H,69,70,71)/b51-49+. The minimum atomic E-state index is -5.09. The van der Waals surface area contributed by atoms with Crippen LogP contribution in [0.5, 0.6) is 0 Å². The van der Waals surface area contributed by atoms with Crippen molar-refractivity contribution >= 4 is 16.3 Å². The number of aliphatic hydroxyl groups excluding tert-OH is 4. The molecule has 0 aliphatic carbocycles. The predicted octanol–water partition coefficient (Wildman–Crippen LogP) is 15.8. The van der Waals surface area contributed by atoms with Crippen LogP contribution in [0.4, 0.5) is 0 Å². The monoisotopic (exact) mass is 1090 g/mol. The van der Waals surface area contributed by atoms with Crippen LogP contribution in [0, 0.1) is 0 Å². The zero-order chi connectivity index (χ0) is 54.7. The highest BCUT2D eigenvalue weighted by Gasteiger charge is 2.48. The number of aliphatic hydroxyl groups is 4. The molecule has 0 aromatic carbocycles. The summed E-state index contributed by atoms with van der Waals surface area (Å²) in [5.41, 5.74) is 0. The number of amides is 1. The molecule has 75 heavy (non-hydrogen) atoms. The quantitative estimate of drug-likeness (QED) is 0.0193. The van der Waals surface area contributed by atoms with Crippen molar-refractivity contribution < 1.29 is 51.8 Å². The Kier molecular flexibility index (Phi) is 50.0. The predicted molar refractivity (Wildman–Crippen MR) is 310 cm³/mol. The highest BCUT2D eigenvalue weighted by Crippen LogP contribution is 2.26. The first-order valence-corrected chi connectivity index (χ1v) is 33.4. The van der Waals surface area contributed by atoms with E-state index >= 15 is 0 Å². The van der Waals surface area contributed by atoms with Crippen LogP contribution in [0.25, 0.3) is 0 Å². The number of carbonyl (C=O) groups is 1. The Bertz CT molecular complexity index is 1370. The maximum atomic E-state index is 13.2. The second-order valence-corrected chi connectivity index (χ2v) is 23.8. The average molecular weight is 1090 g/mol. The van der Waals surface area contributed by atoms with Crippen LogP contribution in [-0.4, -0.2) is 95.4 Å². The summed E-state index contributed by atoms with van der Waals surface area (Å²) in [5, 5.41) is 45.1. The Morgan fingerprint density at radius 1 is 0.520 bits per heavy atom. The second-order valence-electron chi connectivity index (χ2n) is 22.7. The van der Waals surface area contributed by atoms with Crippen molar-refractivity contribution in [2.45, 2.75) is 365 Å². The molecule has 6 N–H and O–H groups in total. The number of allylic oxidation sites excluding steroid dienone is 1. The number of hydrogen-bond acceptors (Lipinski definition) is 10. The van der Waals surface area contributed by atoms with Gasteiger partial charge in [-0.1, -0.05) is 309 Å². The molecule has 0 spiro atoms. The lowest BCUT2D eigenvalue weighted by Gasteiger charge is -2.41. The van der Waals surface area contributed by atoms with Crippen LogP contribution in [0.15, 0.2) is 12.2 Å². The molecule has 1 rings (SSSR count). The highest BCUT2D eigenvalue weighted by atomic mass is 32.3. The van der Waals surface area contributed by atoms with Crippen LogP contribution in [-0.2, 0) is 28.9 Å². The van der Waals surface area contributed by atoms with E-state index in [1.165, 1.54) is 257 Å². The van der Waals surface area contributed by atoms with Gasteiger partial charge in [0.2, 0.25) is 5.91 Å². The molecule has 1 amide bonds. The minimum absolute atomic E-state index is 0.254. The van der Waals surface area contributed by atoms with Crippen LogP contribution in [0.1, 0.15) is 322 Å². The molecule has 7 atom stereocenters. The number of rotatable bonds is 57. The molecule has 1 aliphatic rings. The van der Waals surface area contributed by atoms with Crippen molar-refractivity contribution in [3.05, 3.63) is 12.2 Å². The number of ether oxygens (including phenoxy) is 2. The molecule has 13 heteroatoms. The summed E-state index contributed by atoms with van der Waals surface area (Å²) in [6.07, 6.45) is 55.5. The van der Waals surface area contributed by atoms with Gasteiger partial charge in [0, 0.05) is 6.42 Å². The summed E-state index contributed by atoms with van der Waals surface area (Å²) < 4.78 is 48.0. The molecule has 12 nitrogen and oxygen atoms in total. The van der Waals surface area contributed by atoms with E-state index in [1.807, 2.05) is 6.08 Å². The molecule has 1 aliphatic heterocycles. The normalized spacial score (nSPS) is 19.1. The van der Waals surface area contributed by atoms with Gasteiger partial charge in [0.25, 0.3) is 0 Å². The molecule has 0 aromatic heterocycles. The smallest absolute Gasteiger partial charge is 0.394 e. The van der Waals surface area contributed by atoms with Gasteiger partial charge < -0.3 is 35.2 Å². The molecule has 446 valence electrons. The summed E-state index contributed by atoms with van der Waals surface area (Å²) in [6.45, 7) is 3.46. The lowest BCUT2D eigenvalue weighted by Crippen LogP contribution is -2.61. The number of carbonyl (C=O) groups excluding carboxylic acids is 1. The average Bonchev–Trinajstić information content (AvgIpc) is 3.39. The highest BCUT2D eigenvalue weighted by molar-refractivity contribution is 7.80. The van der Waals surface area contributed by atoms with Crippen molar-refractivity contribution in [3.8, 4) is 0 Å². The van der Waals surface area contributed by atoms with E-state index in [4.69, 9.17) is 9.47 Å². The van der Waals surface area contributed by atoms with Gasteiger partial charge in [-0.25, -0.2) is 4.18 Å². The van der Waals surface area contributed by atoms with E-state index in [2.05, 4.69) is 23.3 Å². The van der Waals surface area contributed by atoms with E-state index in [-0.39, 0.29) is 18.9 Å². The van der Waals surface area contributed by atoms with Crippen molar-refractivity contribution in [2.24, 2.45) is 0 Å². The summed E-state index contributed by atoms with van der Waals surface area (Å²) in [6, 6.07) is -0.941. The van der Waals surface area contributed by atoms with E-state index < -0.39 is 59.9 Å². The van der Waals surface area contributed by atoms with Gasteiger partial charge in [0.15, 0.2) is 6.29 Å². The van der Waals surface area contributed by atoms with Crippen LogP contribution in [0.2, 0.25) is 0 Å². The number of nitrogens with one attached hydrogen (secondary N) is 1. The van der Waals surface area contributed by atoms with E-state index in [0.717, 1.165) is 38.5 Å². The first-order valence-electron chi connectivity index (χ1n) is 32.1. The van der Waals surface area contributed by atoms with Gasteiger partial charge >= 0.3 is 10.4 Å². The Morgan fingerprint density at radius 3 is 1.16 bits per heavy atom. The molecule has 0 saturated carbocycles. The molecule has 1 fully saturated rings. The maximum absolute atomic E-state index is 13.2. The van der Waals surface area contributed by atoms with Gasteiger partial charge in [-0.15, -0.1) is 0 Å². The molecule has 1 saturated heterocycles. The zero-order valence-corrected chi connectivity index (χ0v) is 49.5. The molecule has 7 unspecified atom stereocenters. The number of unbranched alkanes of at least 4 members (excludes halogenated alkanes) is 45. The fourth-order valence-electron chi connectivity index (χ4n) is 10.6. The molecular weight excluding hydrogens is 967 g/mol. The lowest BCUT2D eigenvalue weighted by atomic mass is 9.99. The SMILES string of the molecule is CCCCCCCCCCCCCCCCCCCCCCCCC/C=C/C(O)C(COC1OC(CO)C(O)C(OS(=O)(=O)O)C1O)NC(=O)CCCCCCCCCCCCCCCCCCCCCCCCC. The van der Waals surface area contributed by atoms with Crippen LogP contribution >= 0.6 is 0 Å². The first-order chi connectivity index (χ1) is 36.5. The van der Waals surface area contributed by atoms with Gasteiger partial charge in [-0.05, 0) is 19.3 Å². The molecule has 0 radical (unpaired) electrons. The molecular formula is C62H121NO11S. The third kappa shape index (κ3) is 44.3. The van der Waals surface area contributed by atoms with Gasteiger partial charge in [-0.3, -0.25) is 9.35 Å². The third-order valence-corrected chi connectivity index (χ3v) is 16.0. The first kappa shape index (κ1) is 71.9. The van der Waals surface area contributed by atoms with E-state index in [0.29, 0.717) is 6.42 Å². The summed E-state index contributed by atoms with van der Waals surface area (Å²) in [5.74, 6) is -0.254. The Labute approximate surface area is 461 Å². The van der Waals surface area contributed by atoms with Crippen molar-refractivity contribution in [1.29, 1.82) is 0 Å².